The molecule has 0 radical (unpaired) electrons. The Hall–Kier alpha value is -2.87. The van der Waals surface area contributed by atoms with Gasteiger partial charge in [-0.1, -0.05) is 12.1 Å². The predicted octanol–water partition coefficient (Wildman–Crippen LogP) is 2.52. The number of esters is 1. The van der Waals surface area contributed by atoms with E-state index in [0.717, 1.165) is 16.9 Å². The van der Waals surface area contributed by atoms with Gasteiger partial charge in [-0.3, -0.25) is 9.59 Å². The van der Waals surface area contributed by atoms with E-state index in [4.69, 9.17) is 15.2 Å². The van der Waals surface area contributed by atoms with Crippen LogP contribution in [0.3, 0.4) is 0 Å². The molecule has 3 N–H and O–H groups in total. The fourth-order valence-corrected chi connectivity index (χ4v) is 3.45. The maximum Gasteiger partial charge on any atom is 0.341 e. The molecular weight excluding hydrogens is 356 g/mol. The van der Waals surface area contributed by atoms with E-state index in [2.05, 4.69) is 5.32 Å². The molecule has 1 aromatic carbocycles. The summed E-state index contributed by atoms with van der Waals surface area (Å²) in [6.45, 7) is 3.46. The number of amides is 2. The van der Waals surface area contributed by atoms with Crippen LogP contribution in [0.15, 0.2) is 24.3 Å². The van der Waals surface area contributed by atoms with Gasteiger partial charge in [0.1, 0.15) is 10.8 Å². The van der Waals surface area contributed by atoms with Gasteiger partial charge >= 0.3 is 5.97 Å². The largest absolute Gasteiger partial charge is 0.497 e. The average Bonchev–Trinajstić information content (AvgIpc) is 2.92. The number of rotatable bonds is 7. The minimum Gasteiger partial charge on any atom is -0.497 e. The van der Waals surface area contributed by atoms with Crippen LogP contribution in [0.5, 0.6) is 5.75 Å². The summed E-state index contributed by atoms with van der Waals surface area (Å²) in [5, 5.41) is 2.94. The number of nitrogens with two attached hydrogens (primary N) is 1. The second-order valence-electron chi connectivity index (χ2n) is 5.42. The molecule has 2 aromatic rings. The zero-order valence-corrected chi connectivity index (χ0v) is 15.6. The van der Waals surface area contributed by atoms with E-state index in [0.29, 0.717) is 11.3 Å². The highest BCUT2D eigenvalue weighted by molar-refractivity contribution is 7.18. The van der Waals surface area contributed by atoms with Gasteiger partial charge in [0.25, 0.3) is 5.91 Å². The standard InChI is InChI=1S/C18H20N2O5S/c1-4-25-18(23)14-10(2)15(16(19)22)26-17(14)20-13(21)9-11-5-7-12(24-3)8-6-11/h5-8H,4,9H2,1-3H3,(H2,19,22)(H,20,21). The smallest absolute Gasteiger partial charge is 0.341 e. The van der Waals surface area contributed by atoms with Crippen molar-refractivity contribution in [1.82, 2.24) is 0 Å². The Morgan fingerprint density at radius 2 is 1.85 bits per heavy atom. The van der Waals surface area contributed by atoms with Crippen molar-refractivity contribution in [3.05, 3.63) is 45.8 Å². The minimum absolute atomic E-state index is 0.106. The summed E-state index contributed by atoms with van der Waals surface area (Å²) in [4.78, 5) is 36.3. The van der Waals surface area contributed by atoms with Gasteiger partial charge in [-0.15, -0.1) is 11.3 Å². The van der Waals surface area contributed by atoms with Gasteiger partial charge in [0, 0.05) is 0 Å². The quantitative estimate of drug-likeness (QED) is 0.722. The third-order valence-electron chi connectivity index (χ3n) is 3.63. The Kier molecular flexibility index (Phi) is 6.35. The first-order valence-electron chi connectivity index (χ1n) is 7.90. The number of ether oxygens (including phenoxy) is 2. The first-order valence-corrected chi connectivity index (χ1v) is 8.72. The fraction of sp³-hybridized carbons (Fsp3) is 0.278. The van der Waals surface area contributed by atoms with E-state index in [-0.39, 0.29) is 34.4 Å². The summed E-state index contributed by atoms with van der Waals surface area (Å²) in [6.07, 6.45) is 0.106. The van der Waals surface area contributed by atoms with Crippen molar-refractivity contribution in [3.63, 3.8) is 0 Å². The molecule has 0 bridgehead atoms. The molecule has 2 amide bonds. The number of thiophene rings is 1. The van der Waals surface area contributed by atoms with Crippen molar-refractivity contribution < 1.29 is 23.9 Å². The highest BCUT2D eigenvalue weighted by Gasteiger charge is 2.25. The van der Waals surface area contributed by atoms with Crippen molar-refractivity contribution in [3.8, 4) is 5.75 Å². The van der Waals surface area contributed by atoms with Crippen molar-refractivity contribution in [2.45, 2.75) is 20.3 Å². The molecule has 0 aliphatic carbocycles. The molecule has 0 fully saturated rings. The highest BCUT2D eigenvalue weighted by atomic mass is 32.1. The summed E-state index contributed by atoms with van der Waals surface area (Å²) in [7, 11) is 1.56. The molecule has 0 aliphatic heterocycles. The average molecular weight is 376 g/mol. The van der Waals surface area contributed by atoms with E-state index in [1.54, 1.807) is 45.2 Å². The SMILES string of the molecule is CCOC(=O)c1c(NC(=O)Cc2ccc(OC)cc2)sc(C(N)=O)c1C. The number of hydrogen-bond donors (Lipinski definition) is 2. The van der Waals surface area contributed by atoms with Crippen LogP contribution in [0.2, 0.25) is 0 Å². The topological polar surface area (TPSA) is 108 Å². The van der Waals surface area contributed by atoms with Gasteiger partial charge in [-0.05, 0) is 37.1 Å². The Morgan fingerprint density at radius 1 is 1.19 bits per heavy atom. The molecule has 138 valence electrons. The molecule has 0 saturated heterocycles. The lowest BCUT2D eigenvalue weighted by molar-refractivity contribution is -0.115. The van der Waals surface area contributed by atoms with Crippen molar-refractivity contribution in [2.75, 3.05) is 19.0 Å². The van der Waals surface area contributed by atoms with Crippen LogP contribution < -0.4 is 15.8 Å². The number of anilines is 1. The number of benzene rings is 1. The van der Waals surface area contributed by atoms with Gasteiger partial charge in [0.15, 0.2) is 0 Å². The molecule has 0 unspecified atom stereocenters. The molecule has 7 nitrogen and oxygen atoms in total. The third-order valence-corrected chi connectivity index (χ3v) is 4.85. The first-order chi connectivity index (χ1) is 12.4. The molecule has 8 heteroatoms. The number of carbonyl (C=O) groups excluding carboxylic acids is 3. The first kappa shape index (κ1) is 19.5. The maximum atomic E-state index is 12.4. The fourth-order valence-electron chi connectivity index (χ4n) is 2.39. The molecule has 1 heterocycles. The summed E-state index contributed by atoms with van der Waals surface area (Å²) in [6, 6.07) is 7.07. The molecule has 0 atom stereocenters. The van der Waals surface area contributed by atoms with Crippen LogP contribution in [0.1, 0.15) is 38.1 Å². The van der Waals surface area contributed by atoms with Gasteiger partial charge in [-0.2, -0.15) is 0 Å². The van der Waals surface area contributed by atoms with Gasteiger partial charge in [-0.25, -0.2) is 4.79 Å². The molecule has 0 spiro atoms. The van der Waals surface area contributed by atoms with Gasteiger partial charge in [0.05, 0.1) is 30.6 Å². The van der Waals surface area contributed by atoms with Crippen LogP contribution in [0.25, 0.3) is 0 Å². The lowest BCUT2D eigenvalue weighted by atomic mass is 10.1. The third kappa shape index (κ3) is 4.40. The van der Waals surface area contributed by atoms with Crippen molar-refractivity contribution in [2.24, 2.45) is 5.73 Å². The monoisotopic (exact) mass is 376 g/mol. The Morgan fingerprint density at radius 3 is 2.38 bits per heavy atom. The predicted molar refractivity (Wildman–Crippen MR) is 98.9 cm³/mol. The van der Waals surface area contributed by atoms with E-state index < -0.39 is 11.9 Å². The summed E-state index contributed by atoms with van der Waals surface area (Å²) >= 11 is 0.966. The Bertz CT molecular complexity index is 827. The lowest BCUT2D eigenvalue weighted by Crippen LogP contribution is -2.16. The molecule has 0 saturated carbocycles. The van der Waals surface area contributed by atoms with Crippen LogP contribution >= 0.6 is 11.3 Å². The van der Waals surface area contributed by atoms with Crippen LogP contribution in [0, 0.1) is 6.92 Å². The summed E-state index contributed by atoms with van der Waals surface area (Å²) in [5.74, 6) is -0.890. The molecule has 2 rings (SSSR count). The lowest BCUT2D eigenvalue weighted by Gasteiger charge is -2.07. The van der Waals surface area contributed by atoms with Crippen molar-refractivity contribution >= 4 is 34.1 Å². The highest BCUT2D eigenvalue weighted by Crippen LogP contribution is 2.33. The second kappa shape index (κ2) is 8.48. The van der Waals surface area contributed by atoms with E-state index in [1.165, 1.54) is 0 Å². The number of carbonyl (C=O) groups is 3. The Labute approximate surface area is 155 Å². The number of hydrogen-bond acceptors (Lipinski definition) is 6. The normalized spacial score (nSPS) is 10.3. The molecule has 0 aliphatic rings. The number of primary amides is 1. The maximum absolute atomic E-state index is 12.4. The number of methoxy groups -OCH3 is 1. The molecule has 1 aromatic heterocycles. The van der Waals surface area contributed by atoms with Crippen molar-refractivity contribution in [1.29, 1.82) is 0 Å². The minimum atomic E-state index is -0.659. The van der Waals surface area contributed by atoms with Gasteiger partial charge < -0.3 is 20.5 Å². The molecular formula is C18H20N2O5S. The zero-order chi connectivity index (χ0) is 19.3. The van der Waals surface area contributed by atoms with Gasteiger partial charge in [0.2, 0.25) is 5.91 Å². The summed E-state index contributed by atoms with van der Waals surface area (Å²) in [5.41, 5.74) is 6.69. The number of nitrogens with one attached hydrogen (secondary N) is 1. The van der Waals surface area contributed by atoms with E-state index in [9.17, 15) is 14.4 Å². The molecule has 26 heavy (non-hydrogen) atoms. The van der Waals surface area contributed by atoms with E-state index >= 15 is 0 Å². The van der Waals surface area contributed by atoms with Crippen LogP contribution in [0.4, 0.5) is 5.00 Å². The second-order valence-corrected chi connectivity index (χ2v) is 6.44. The van der Waals surface area contributed by atoms with Crippen LogP contribution in [-0.4, -0.2) is 31.5 Å². The summed E-state index contributed by atoms with van der Waals surface area (Å²) < 4.78 is 10.1. The van der Waals surface area contributed by atoms with E-state index in [1.807, 2.05) is 0 Å². The van der Waals surface area contributed by atoms with Crippen LogP contribution in [-0.2, 0) is 16.0 Å². The zero-order valence-electron chi connectivity index (χ0n) is 14.8. The Balaban J connectivity index is 2.23.